The second-order valence-electron chi connectivity index (χ2n) is 2.18. The van der Waals surface area contributed by atoms with Crippen LogP contribution in [0.5, 0.6) is 0 Å². The molecule has 1 rings (SSSR count). The SMILES string of the molecule is C=CC[N+]1=C(C(=O)[O-])OCC1. The lowest BCUT2D eigenvalue weighted by atomic mass is 10.5. The number of nitrogens with zero attached hydrogens (tertiary/aromatic N) is 1. The first-order valence-corrected chi connectivity index (χ1v) is 3.32. The number of hydrogen-bond acceptors (Lipinski definition) is 3. The van der Waals surface area contributed by atoms with Crippen LogP contribution in [0.15, 0.2) is 12.7 Å². The molecule has 0 saturated carbocycles. The summed E-state index contributed by atoms with van der Waals surface area (Å²) in [6.45, 7) is 4.99. The van der Waals surface area contributed by atoms with E-state index in [2.05, 4.69) is 6.58 Å². The molecule has 4 heteroatoms. The van der Waals surface area contributed by atoms with Crippen molar-refractivity contribution in [3.8, 4) is 0 Å². The number of ether oxygens (including phenoxy) is 1. The molecule has 0 atom stereocenters. The third kappa shape index (κ3) is 1.58. The quantitative estimate of drug-likeness (QED) is 0.363. The fourth-order valence-electron chi connectivity index (χ4n) is 0.963. The minimum atomic E-state index is -1.26. The van der Waals surface area contributed by atoms with Crippen molar-refractivity contribution in [2.75, 3.05) is 19.7 Å². The zero-order valence-electron chi connectivity index (χ0n) is 6.08. The number of carboxylic acid groups (broad SMARTS) is 1. The lowest BCUT2D eigenvalue weighted by Gasteiger charge is -1.97. The molecule has 4 nitrogen and oxygen atoms in total. The Kier molecular flexibility index (Phi) is 2.25. The summed E-state index contributed by atoms with van der Waals surface area (Å²) in [5.74, 6) is -1.34. The van der Waals surface area contributed by atoms with Crippen LogP contribution in [0.3, 0.4) is 0 Å². The van der Waals surface area contributed by atoms with Crippen molar-refractivity contribution in [2.24, 2.45) is 0 Å². The maximum Gasteiger partial charge on any atom is 0.386 e. The molecule has 60 valence electrons. The minimum absolute atomic E-state index is 0.0788. The highest BCUT2D eigenvalue weighted by Crippen LogP contribution is 1.94. The summed E-state index contributed by atoms with van der Waals surface area (Å²) >= 11 is 0. The van der Waals surface area contributed by atoms with Crippen LogP contribution in [-0.4, -0.2) is 36.1 Å². The monoisotopic (exact) mass is 155 g/mol. The Morgan fingerprint density at radius 2 is 2.64 bits per heavy atom. The number of carbonyl (C=O) groups is 1. The molecular formula is C7H9NO3. The zero-order valence-corrected chi connectivity index (χ0v) is 6.08. The van der Waals surface area contributed by atoms with Crippen LogP contribution < -0.4 is 5.11 Å². The van der Waals surface area contributed by atoms with Gasteiger partial charge in [-0.2, -0.15) is 4.58 Å². The Morgan fingerprint density at radius 3 is 3.18 bits per heavy atom. The molecule has 1 aliphatic rings. The Balaban J connectivity index is 2.76. The van der Waals surface area contributed by atoms with Crippen LogP contribution in [0.2, 0.25) is 0 Å². The fourth-order valence-corrected chi connectivity index (χ4v) is 0.963. The Bertz CT molecular complexity index is 220. The molecule has 11 heavy (non-hydrogen) atoms. The van der Waals surface area contributed by atoms with Gasteiger partial charge in [0.2, 0.25) is 0 Å². The van der Waals surface area contributed by atoms with E-state index in [9.17, 15) is 9.90 Å². The normalized spacial score (nSPS) is 16.4. The van der Waals surface area contributed by atoms with Crippen molar-refractivity contribution < 1.29 is 19.2 Å². The van der Waals surface area contributed by atoms with Gasteiger partial charge < -0.3 is 14.6 Å². The molecule has 0 radical (unpaired) electrons. The average molecular weight is 155 g/mol. The first-order chi connectivity index (χ1) is 5.25. The molecule has 0 bridgehead atoms. The zero-order chi connectivity index (χ0) is 8.27. The molecule has 0 N–H and O–H groups in total. The van der Waals surface area contributed by atoms with Crippen LogP contribution in [0.4, 0.5) is 0 Å². The summed E-state index contributed by atoms with van der Waals surface area (Å²) < 4.78 is 6.38. The predicted octanol–water partition coefficient (Wildman–Crippen LogP) is -1.64. The first-order valence-electron chi connectivity index (χ1n) is 3.32. The topological polar surface area (TPSA) is 52.4 Å². The molecule has 0 spiro atoms. The summed E-state index contributed by atoms with van der Waals surface area (Å²) in [6.07, 6.45) is 1.62. The van der Waals surface area contributed by atoms with E-state index in [1.165, 1.54) is 0 Å². The maximum atomic E-state index is 10.3. The van der Waals surface area contributed by atoms with E-state index < -0.39 is 5.97 Å². The Morgan fingerprint density at radius 1 is 1.91 bits per heavy atom. The van der Waals surface area contributed by atoms with Gasteiger partial charge in [0.05, 0.1) is 0 Å². The van der Waals surface area contributed by atoms with E-state index in [4.69, 9.17) is 4.74 Å². The number of carboxylic acids is 1. The van der Waals surface area contributed by atoms with E-state index in [0.717, 1.165) is 0 Å². The highest BCUT2D eigenvalue weighted by Gasteiger charge is 2.23. The van der Waals surface area contributed by atoms with Crippen molar-refractivity contribution in [2.45, 2.75) is 0 Å². The fraction of sp³-hybridized carbons (Fsp3) is 0.429. The summed E-state index contributed by atoms with van der Waals surface area (Å²) in [5.41, 5.74) is 0. The first kappa shape index (κ1) is 7.78. The molecule has 1 heterocycles. The van der Waals surface area contributed by atoms with E-state index >= 15 is 0 Å². The minimum Gasteiger partial charge on any atom is -0.537 e. The molecule has 0 fully saturated rings. The molecule has 0 amide bonds. The van der Waals surface area contributed by atoms with Crippen molar-refractivity contribution in [1.29, 1.82) is 0 Å². The predicted molar refractivity (Wildman–Crippen MR) is 36.2 cm³/mol. The van der Waals surface area contributed by atoms with Gasteiger partial charge in [-0.15, -0.1) is 0 Å². The second-order valence-corrected chi connectivity index (χ2v) is 2.18. The number of hydrogen-bond donors (Lipinski definition) is 0. The number of aliphatic carboxylic acids is 1. The molecule has 0 aliphatic carbocycles. The highest BCUT2D eigenvalue weighted by molar-refractivity contribution is 6.28. The molecular weight excluding hydrogens is 146 g/mol. The van der Waals surface area contributed by atoms with Gasteiger partial charge >= 0.3 is 5.90 Å². The Hall–Kier alpha value is -1.32. The summed E-state index contributed by atoms with van der Waals surface area (Å²) in [5, 5.41) is 10.3. The molecule has 0 aromatic heterocycles. The standard InChI is InChI=1S/C7H9NO3/c1-2-3-8-4-5-11-6(8)7(9)10/h2H,1,3-5H2. The van der Waals surface area contributed by atoms with Crippen LogP contribution >= 0.6 is 0 Å². The summed E-state index contributed by atoms with van der Waals surface area (Å²) in [7, 11) is 0. The van der Waals surface area contributed by atoms with Crippen molar-refractivity contribution in [3.63, 3.8) is 0 Å². The lowest BCUT2D eigenvalue weighted by molar-refractivity contribution is -0.509. The van der Waals surface area contributed by atoms with E-state index in [-0.39, 0.29) is 5.90 Å². The smallest absolute Gasteiger partial charge is 0.386 e. The molecule has 1 aliphatic heterocycles. The summed E-state index contributed by atoms with van der Waals surface area (Å²) in [4.78, 5) is 10.3. The van der Waals surface area contributed by atoms with Gasteiger partial charge in [-0.25, -0.2) is 0 Å². The van der Waals surface area contributed by atoms with E-state index in [0.29, 0.717) is 19.7 Å². The average Bonchev–Trinajstić information content (AvgIpc) is 2.36. The third-order valence-corrected chi connectivity index (χ3v) is 1.41. The maximum absolute atomic E-state index is 10.3. The van der Waals surface area contributed by atoms with Crippen molar-refractivity contribution in [1.82, 2.24) is 0 Å². The Labute approximate surface area is 64.4 Å². The number of carbonyl (C=O) groups excluding carboxylic acids is 1. The van der Waals surface area contributed by atoms with Crippen LogP contribution in [0.25, 0.3) is 0 Å². The van der Waals surface area contributed by atoms with E-state index in [1.807, 2.05) is 0 Å². The summed E-state index contributed by atoms with van der Waals surface area (Å²) in [6, 6.07) is 0. The highest BCUT2D eigenvalue weighted by atomic mass is 16.5. The van der Waals surface area contributed by atoms with Crippen LogP contribution in [-0.2, 0) is 9.53 Å². The molecule has 0 aromatic rings. The molecule has 0 unspecified atom stereocenters. The van der Waals surface area contributed by atoms with E-state index in [1.54, 1.807) is 10.7 Å². The van der Waals surface area contributed by atoms with Gasteiger partial charge in [0.15, 0.2) is 25.7 Å². The number of rotatable bonds is 3. The van der Waals surface area contributed by atoms with Gasteiger partial charge in [-0.1, -0.05) is 6.58 Å². The molecule has 0 aromatic carbocycles. The van der Waals surface area contributed by atoms with Crippen molar-refractivity contribution >= 4 is 11.9 Å². The van der Waals surface area contributed by atoms with Crippen LogP contribution in [0, 0.1) is 0 Å². The lowest BCUT2D eigenvalue weighted by Crippen LogP contribution is -2.36. The van der Waals surface area contributed by atoms with Crippen LogP contribution in [0.1, 0.15) is 0 Å². The van der Waals surface area contributed by atoms with Gasteiger partial charge in [0.25, 0.3) is 0 Å². The van der Waals surface area contributed by atoms with Gasteiger partial charge in [-0.05, 0) is 6.08 Å². The third-order valence-electron chi connectivity index (χ3n) is 1.41. The second kappa shape index (κ2) is 3.18. The molecule has 0 saturated heterocycles. The van der Waals surface area contributed by atoms with Gasteiger partial charge in [-0.3, -0.25) is 0 Å². The van der Waals surface area contributed by atoms with Gasteiger partial charge in [0, 0.05) is 0 Å². The van der Waals surface area contributed by atoms with Crippen molar-refractivity contribution in [3.05, 3.63) is 12.7 Å². The van der Waals surface area contributed by atoms with Gasteiger partial charge in [0.1, 0.15) is 0 Å². The largest absolute Gasteiger partial charge is 0.537 e.